The van der Waals surface area contributed by atoms with Gasteiger partial charge in [-0.05, 0) is 34.1 Å². The lowest BCUT2D eigenvalue weighted by atomic mass is 10.2. The van der Waals surface area contributed by atoms with Crippen molar-refractivity contribution in [3.8, 4) is 6.07 Å². The normalized spacial score (nSPS) is 10.3. The summed E-state index contributed by atoms with van der Waals surface area (Å²) >= 11 is 3.42. The highest BCUT2D eigenvalue weighted by molar-refractivity contribution is 9.10. The van der Waals surface area contributed by atoms with Crippen LogP contribution in [0.2, 0.25) is 0 Å². The van der Waals surface area contributed by atoms with Crippen LogP contribution in [-0.2, 0) is 0 Å². The molecule has 0 unspecified atom stereocenters. The average molecular weight is 332 g/mol. The SMILES string of the molecule is CC(C)c1nc(N)cc(Nc2ccc(C#N)cc2Br)n1. The number of hydrogen-bond acceptors (Lipinski definition) is 5. The second kappa shape index (κ2) is 5.88. The molecule has 1 heterocycles. The van der Waals surface area contributed by atoms with Crippen LogP contribution in [-0.4, -0.2) is 9.97 Å². The molecule has 0 spiro atoms. The lowest BCUT2D eigenvalue weighted by molar-refractivity contribution is 0.779. The fourth-order valence-electron chi connectivity index (χ4n) is 1.63. The molecule has 0 aliphatic carbocycles. The van der Waals surface area contributed by atoms with E-state index in [1.807, 2.05) is 19.9 Å². The molecule has 6 heteroatoms. The van der Waals surface area contributed by atoms with Gasteiger partial charge < -0.3 is 11.1 Å². The van der Waals surface area contributed by atoms with E-state index in [0.717, 1.165) is 10.2 Å². The van der Waals surface area contributed by atoms with Crippen LogP contribution in [0.15, 0.2) is 28.7 Å². The smallest absolute Gasteiger partial charge is 0.136 e. The Balaban J connectivity index is 2.33. The largest absolute Gasteiger partial charge is 0.384 e. The van der Waals surface area contributed by atoms with E-state index in [0.29, 0.717) is 23.0 Å². The number of aromatic nitrogens is 2. The molecular formula is C14H14BrN5. The highest BCUT2D eigenvalue weighted by Gasteiger charge is 2.08. The Bertz CT molecular complexity index is 676. The van der Waals surface area contributed by atoms with Crippen molar-refractivity contribution in [1.82, 2.24) is 9.97 Å². The molecule has 1 aromatic carbocycles. The lowest BCUT2D eigenvalue weighted by Gasteiger charge is -2.11. The van der Waals surface area contributed by atoms with Crippen LogP contribution in [0.5, 0.6) is 0 Å². The van der Waals surface area contributed by atoms with Gasteiger partial charge >= 0.3 is 0 Å². The zero-order valence-electron chi connectivity index (χ0n) is 11.2. The van der Waals surface area contributed by atoms with Crippen molar-refractivity contribution >= 4 is 33.3 Å². The van der Waals surface area contributed by atoms with Gasteiger partial charge in [0.2, 0.25) is 0 Å². The summed E-state index contributed by atoms with van der Waals surface area (Å²) in [6.45, 7) is 4.02. The average Bonchev–Trinajstić information content (AvgIpc) is 2.40. The Hall–Kier alpha value is -2.13. The van der Waals surface area contributed by atoms with Gasteiger partial charge in [-0.1, -0.05) is 13.8 Å². The van der Waals surface area contributed by atoms with Crippen LogP contribution in [0.4, 0.5) is 17.3 Å². The Kier molecular flexibility index (Phi) is 4.20. The van der Waals surface area contributed by atoms with E-state index in [1.165, 1.54) is 0 Å². The molecule has 102 valence electrons. The lowest BCUT2D eigenvalue weighted by Crippen LogP contribution is -2.05. The molecule has 0 saturated carbocycles. The van der Waals surface area contributed by atoms with Crippen molar-refractivity contribution in [3.05, 3.63) is 40.1 Å². The topological polar surface area (TPSA) is 87.6 Å². The standard InChI is InChI=1S/C14H14BrN5/c1-8(2)14-19-12(17)6-13(20-14)18-11-4-3-9(7-16)5-10(11)15/h3-6,8H,1-2H3,(H3,17,18,19,20). The molecule has 0 fully saturated rings. The molecule has 5 nitrogen and oxygen atoms in total. The predicted molar refractivity (Wildman–Crippen MR) is 82.7 cm³/mol. The third-order valence-corrected chi connectivity index (χ3v) is 3.30. The zero-order valence-corrected chi connectivity index (χ0v) is 12.8. The number of nitriles is 1. The number of anilines is 3. The summed E-state index contributed by atoms with van der Waals surface area (Å²) in [5.41, 5.74) is 7.20. The van der Waals surface area contributed by atoms with Crippen molar-refractivity contribution in [2.45, 2.75) is 19.8 Å². The number of nitrogens with one attached hydrogen (secondary N) is 1. The van der Waals surface area contributed by atoms with Gasteiger partial charge in [0.25, 0.3) is 0 Å². The minimum Gasteiger partial charge on any atom is -0.384 e. The summed E-state index contributed by atoms with van der Waals surface area (Å²) in [4.78, 5) is 8.62. The number of nitrogens with zero attached hydrogens (tertiary/aromatic N) is 3. The first-order valence-electron chi connectivity index (χ1n) is 6.10. The van der Waals surface area contributed by atoms with Gasteiger partial charge in [0.15, 0.2) is 0 Å². The van der Waals surface area contributed by atoms with Crippen LogP contribution >= 0.6 is 15.9 Å². The molecule has 0 aliphatic heterocycles. The quantitative estimate of drug-likeness (QED) is 0.897. The summed E-state index contributed by atoms with van der Waals surface area (Å²) in [6.07, 6.45) is 0. The van der Waals surface area contributed by atoms with E-state index in [1.54, 1.807) is 18.2 Å². The number of benzene rings is 1. The predicted octanol–water partition coefficient (Wildman–Crippen LogP) is 3.56. The van der Waals surface area contributed by atoms with Gasteiger partial charge in [0, 0.05) is 16.5 Å². The van der Waals surface area contributed by atoms with E-state index >= 15 is 0 Å². The Morgan fingerprint density at radius 2 is 2.05 bits per heavy atom. The summed E-state index contributed by atoms with van der Waals surface area (Å²) in [5, 5.41) is 12.0. The monoisotopic (exact) mass is 331 g/mol. The minimum atomic E-state index is 0.198. The fourth-order valence-corrected chi connectivity index (χ4v) is 2.11. The fraction of sp³-hybridized carbons (Fsp3) is 0.214. The van der Waals surface area contributed by atoms with Crippen molar-refractivity contribution in [2.24, 2.45) is 0 Å². The van der Waals surface area contributed by atoms with Gasteiger partial charge in [-0.25, -0.2) is 9.97 Å². The number of rotatable bonds is 3. The van der Waals surface area contributed by atoms with Gasteiger partial charge in [-0.2, -0.15) is 5.26 Å². The van der Waals surface area contributed by atoms with E-state index < -0.39 is 0 Å². The van der Waals surface area contributed by atoms with Gasteiger partial charge in [-0.3, -0.25) is 0 Å². The Morgan fingerprint density at radius 3 is 2.65 bits per heavy atom. The van der Waals surface area contributed by atoms with Crippen LogP contribution in [0.25, 0.3) is 0 Å². The molecule has 0 radical (unpaired) electrons. The molecule has 0 aliphatic rings. The second-order valence-electron chi connectivity index (χ2n) is 4.62. The molecule has 0 bridgehead atoms. The van der Waals surface area contributed by atoms with Crippen molar-refractivity contribution in [1.29, 1.82) is 5.26 Å². The molecule has 2 aromatic rings. The number of hydrogen-bond donors (Lipinski definition) is 2. The molecule has 2 rings (SSSR count). The summed E-state index contributed by atoms with van der Waals surface area (Å²) in [5.74, 6) is 1.95. The number of nitrogen functional groups attached to an aromatic ring is 1. The van der Waals surface area contributed by atoms with E-state index in [9.17, 15) is 0 Å². The number of nitrogens with two attached hydrogens (primary N) is 1. The first kappa shape index (κ1) is 14.3. The van der Waals surface area contributed by atoms with Crippen molar-refractivity contribution in [2.75, 3.05) is 11.1 Å². The van der Waals surface area contributed by atoms with Crippen LogP contribution in [0.3, 0.4) is 0 Å². The van der Waals surface area contributed by atoms with E-state index in [4.69, 9.17) is 11.0 Å². The van der Waals surface area contributed by atoms with E-state index in [-0.39, 0.29) is 5.92 Å². The highest BCUT2D eigenvalue weighted by Crippen LogP contribution is 2.27. The molecule has 0 saturated heterocycles. The van der Waals surface area contributed by atoms with Gasteiger partial charge in [-0.15, -0.1) is 0 Å². The third kappa shape index (κ3) is 3.25. The van der Waals surface area contributed by atoms with Gasteiger partial charge in [0.1, 0.15) is 17.5 Å². The molecule has 20 heavy (non-hydrogen) atoms. The highest BCUT2D eigenvalue weighted by atomic mass is 79.9. The third-order valence-electron chi connectivity index (χ3n) is 2.64. The van der Waals surface area contributed by atoms with E-state index in [2.05, 4.69) is 37.3 Å². The second-order valence-corrected chi connectivity index (χ2v) is 5.48. The first-order chi connectivity index (χ1) is 9.49. The number of halogens is 1. The minimum absolute atomic E-state index is 0.198. The van der Waals surface area contributed by atoms with Crippen LogP contribution in [0, 0.1) is 11.3 Å². The van der Waals surface area contributed by atoms with Gasteiger partial charge in [0.05, 0.1) is 17.3 Å². The maximum atomic E-state index is 8.85. The Labute approximate surface area is 126 Å². The summed E-state index contributed by atoms with van der Waals surface area (Å²) in [6, 6.07) is 9.06. The molecule has 0 amide bonds. The molecular weight excluding hydrogens is 318 g/mol. The molecule has 1 aromatic heterocycles. The van der Waals surface area contributed by atoms with Crippen molar-refractivity contribution < 1.29 is 0 Å². The van der Waals surface area contributed by atoms with Crippen molar-refractivity contribution in [3.63, 3.8) is 0 Å². The maximum Gasteiger partial charge on any atom is 0.136 e. The summed E-state index contributed by atoms with van der Waals surface area (Å²) in [7, 11) is 0. The Morgan fingerprint density at radius 1 is 1.30 bits per heavy atom. The summed E-state index contributed by atoms with van der Waals surface area (Å²) < 4.78 is 0.792. The van der Waals surface area contributed by atoms with Crippen LogP contribution in [0.1, 0.15) is 31.2 Å². The molecule has 3 N–H and O–H groups in total. The maximum absolute atomic E-state index is 8.85. The molecule has 0 atom stereocenters. The first-order valence-corrected chi connectivity index (χ1v) is 6.90. The zero-order chi connectivity index (χ0) is 14.7. The van der Waals surface area contributed by atoms with Crippen LogP contribution < -0.4 is 11.1 Å².